The third-order valence-corrected chi connectivity index (χ3v) is 5.68. The van der Waals surface area contributed by atoms with Crippen LogP contribution in [0.4, 0.5) is 5.95 Å². The molecule has 1 amide bonds. The molecule has 2 atom stereocenters. The molecule has 1 aromatic heterocycles. The van der Waals surface area contributed by atoms with Crippen LogP contribution in [0.1, 0.15) is 43.6 Å². The van der Waals surface area contributed by atoms with Gasteiger partial charge in [-0.15, -0.1) is 0 Å². The molecular weight excluding hydrogens is 326 g/mol. The van der Waals surface area contributed by atoms with Gasteiger partial charge in [0.2, 0.25) is 11.9 Å². The summed E-state index contributed by atoms with van der Waals surface area (Å²) in [5.41, 5.74) is 9.60. The monoisotopic (exact) mass is 357 g/mol. The van der Waals surface area contributed by atoms with Crippen molar-refractivity contribution in [2.45, 2.75) is 53.0 Å². The summed E-state index contributed by atoms with van der Waals surface area (Å²) < 4.78 is 0. The highest BCUT2D eigenvalue weighted by Crippen LogP contribution is 2.28. The molecule has 6 heteroatoms. The molecule has 6 nitrogen and oxygen atoms in total. The highest BCUT2D eigenvalue weighted by Gasteiger charge is 2.36. The SMILES string of the molecule is CC(C)=CCN1C[C@@H]2CC[C@H]1CN(C(=O)Cc1c(C)nc(N)nc1C)C2. The quantitative estimate of drug-likeness (QED) is 0.835. The number of aryl methyl sites for hydroxylation is 2. The van der Waals surface area contributed by atoms with Crippen LogP contribution in [0, 0.1) is 19.8 Å². The minimum Gasteiger partial charge on any atom is -0.368 e. The molecule has 3 saturated heterocycles. The fourth-order valence-electron chi connectivity index (χ4n) is 4.19. The summed E-state index contributed by atoms with van der Waals surface area (Å²) in [6.45, 7) is 11.9. The Morgan fingerprint density at radius 1 is 1.15 bits per heavy atom. The van der Waals surface area contributed by atoms with Crippen molar-refractivity contribution in [1.82, 2.24) is 19.8 Å². The number of allylic oxidation sites excluding steroid dienone is 1. The van der Waals surface area contributed by atoms with Gasteiger partial charge in [-0.25, -0.2) is 9.97 Å². The third-order valence-electron chi connectivity index (χ3n) is 5.68. The molecule has 3 fully saturated rings. The second kappa shape index (κ2) is 7.74. The van der Waals surface area contributed by atoms with E-state index in [1.807, 2.05) is 13.8 Å². The van der Waals surface area contributed by atoms with E-state index in [0.717, 1.165) is 43.1 Å². The predicted molar refractivity (Wildman–Crippen MR) is 104 cm³/mol. The van der Waals surface area contributed by atoms with E-state index in [9.17, 15) is 4.79 Å². The molecule has 0 radical (unpaired) electrons. The molecule has 142 valence electrons. The second-order valence-electron chi connectivity index (χ2n) is 8.04. The minimum atomic E-state index is 0.186. The van der Waals surface area contributed by atoms with Gasteiger partial charge in [0.25, 0.3) is 0 Å². The van der Waals surface area contributed by atoms with Crippen molar-refractivity contribution in [2.24, 2.45) is 5.92 Å². The van der Waals surface area contributed by atoms with Gasteiger partial charge < -0.3 is 10.6 Å². The molecule has 4 heterocycles. The number of carbonyl (C=O) groups is 1. The number of rotatable bonds is 4. The molecular formula is C20H31N5O. The predicted octanol–water partition coefficient (Wildman–Crippen LogP) is 2.11. The van der Waals surface area contributed by atoms with Crippen LogP contribution in [-0.2, 0) is 11.2 Å². The van der Waals surface area contributed by atoms with Gasteiger partial charge in [-0.1, -0.05) is 11.6 Å². The van der Waals surface area contributed by atoms with Gasteiger partial charge in [-0.3, -0.25) is 9.69 Å². The van der Waals surface area contributed by atoms with Crippen LogP contribution in [0.2, 0.25) is 0 Å². The van der Waals surface area contributed by atoms with Crippen LogP contribution in [0.5, 0.6) is 0 Å². The Morgan fingerprint density at radius 3 is 2.50 bits per heavy atom. The van der Waals surface area contributed by atoms with E-state index in [2.05, 4.69) is 39.7 Å². The zero-order valence-electron chi connectivity index (χ0n) is 16.5. The van der Waals surface area contributed by atoms with E-state index >= 15 is 0 Å². The van der Waals surface area contributed by atoms with E-state index in [4.69, 9.17) is 5.73 Å². The first-order chi connectivity index (χ1) is 12.3. The highest BCUT2D eigenvalue weighted by atomic mass is 16.2. The van der Waals surface area contributed by atoms with Gasteiger partial charge in [0.05, 0.1) is 6.42 Å². The van der Waals surface area contributed by atoms with Gasteiger partial charge in [0.15, 0.2) is 0 Å². The number of fused-ring (bicyclic) bond motifs is 4. The number of hydrogen-bond acceptors (Lipinski definition) is 5. The summed E-state index contributed by atoms with van der Waals surface area (Å²) in [6.07, 6.45) is 5.08. The maximum Gasteiger partial charge on any atom is 0.227 e. The number of amides is 1. The number of anilines is 1. The number of nitrogen functional groups attached to an aromatic ring is 1. The largest absolute Gasteiger partial charge is 0.368 e. The Hall–Kier alpha value is -1.95. The van der Waals surface area contributed by atoms with Crippen molar-refractivity contribution < 1.29 is 4.79 Å². The first-order valence-corrected chi connectivity index (χ1v) is 9.58. The summed E-state index contributed by atoms with van der Waals surface area (Å²) in [5.74, 6) is 1.04. The van der Waals surface area contributed by atoms with Crippen LogP contribution in [0.15, 0.2) is 11.6 Å². The molecule has 0 saturated carbocycles. The molecule has 4 rings (SSSR count). The van der Waals surface area contributed by atoms with E-state index in [1.165, 1.54) is 18.4 Å². The molecule has 3 aliphatic rings. The van der Waals surface area contributed by atoms with Crippen molar-refractivity contribution in [3.05, 3.63) is 28.6 Å². The van der Waals surface area contributed by atoms with Gasteiger partial charge in [-0.2, -0.15) is 0 Å². The van der Waals surface area contributed by atoms with Gasteiger partial charge in [0, 0.05) is 49.2 Å². The van der Waals surface area contributed by atoms with E-state index in [-0.39, 0.29) is 11.9 Å². The molecule has 3 aliphatic heterocycles. The summed E-state index contributed by atoms with van der Waals surface area (Å²) in [4.78, 5) is 26.1. The van der Waals surface area contributed by atoms with Crippen molar-refractivity contribution >= 4 is 11.9 Å². The van der Waals surface area contributed by atoms with Crippen molar-refractivity contribution in [1.29, 1.82) is 0 Å². The second-order valence-corrected chi connectivity index (χ2v) is 8.04. The first kappa shape index (κ1) is 18.8. The fraction of sp³-hybridized carbons (Fsp3) is 0.650. The normalized spacial score (nSPS) is 23.0. The van der Waals surface area contributed by atoms with E-state index in [1.54, 1.807) is 0 Å². The number of aromatic nitrogens is 2. The Labute approximate surface area is 156 Å². The summed E-state index contributed by atoms with van der Waals surface area (Å²) in [6, 6.07) is 0.471. The Bertz CT molecular complexity index is 687. The fourth-order valence-corrected chi connectivity index (χ4v) is 4.19. The number of nitrogens with two attached hydrogens (primary N) is 1. The van der Waals surface area contributed by atoms with Crippen molar-refractivity contribution in [3.63, 3.8) is 0 Å². The molecule has 2 bridgehead atoms. The molecule has 0 spiro atoms. The topological polar surface area (TPSA) is 75.3 Å². The number of carbonyl (C=O) groups excluding carboxylic acids is 1. The molecule has 26 heavy (non-hydrogen) atoms. The molecule has 0 unspecified atom stereocenters. The van der Waals surface area contributed by atoms with Gasteiger partial charge >= 0.3 is 0 Å². The lowest BCUT2D eigenvalue weighted by molar-refractivity contribution is -0.130. The number of piperidine rings is 1. The zero-order valence-corrected chi connectivity index (χ0v) is 16.5. The van der Waals surface area contributed by atoms with Crippen LogP contribution in [-0.4, -0.2) is 57.9 Å². The summed E-state index contributed by atoms with van der Waals surface area (Å²) in [5, 5.41) is 0. The highest BCUT2D eigenvalue weighted by molar-refractivity contribution is 5.79. The van der Waals surface area contributed by atoms with Gasteiger partial charge in [0.1, 0.15) is 0 Å². The zero-order chi connectivity index (χ0) is 18.8. The lowest BCUT2D eigenvalue weighted by Gasteiger charge is -2.35. The first-order valence-electron chi connectivity index (χ1n) is 9.58. The van der Waals surface area contributed by atoms with Crippen LogP contribution in [0.25, 0.3) is 0 Å². The van der Waals surface area contributed by atoms with Crippen molar-refractivity contribution in [2.75, 3.05) is 31.9 Å². The van der Waals surface area contributed by atoms with Gasteiger partial charge in [-0.05, 0) is 46.5 Å². The van der Waals surface area contributed by atoms with Crippen LogP contribution in [0.3, 0.4) is 0 Å². The average Bonchev–Trinajstić information content (AvgIpc) is 2.87. The lowest BCUT2D eigenvalue weighted by Crippen LogP contribution is -2.44. The van der Waals surface area contributed by atoms with E-state index < -0.39 is 0 Å². The average molecular weight is 358 g/mol. The van der Waals surface area contributed by atoms with E-state index in [0.29, 0.717) is 18.4 Å². The Morgan fingerprint density at radius 2 is 1.85 bits per heavy atom. The Balaban J connectivity index is 1.71. The third kappa shape index (κ3) is 4.23. The molecule has 2 N–H and O–H groups in total. The molecule has 0 aliphatic carbocycles. The summed E-state index contributed by atoms with van der Waals surface area (Å²) in [7, 11) is 0. The number of nitrogens with zero attached hydrogens (tertiary/aromatic N) is 4. The minimum absolute atomic E-state index is 0.186. The maximum absolute atomic E-state index is 13.0. The number of hydrogen-bond donors (Lipinski definition) is 1. The maximum atomic E-state index is 13.0. The smallest absolute Gasteiger partial charge is 0.227 e. The Kier molecular flexibility index (Phi) is 5.61. The molecule has 0 aromatic carbocycles. The lowest BCUT2D eigenvalue weighted by atomic mass is 9.95. The standard InChI is InChI=1S/C20H31N5O/c1-13(2)7-8-24-10-16-5-6-17(24)12-25(11-16)19(26)9-18-14(3)22-20(21)23-15(18)4/h7,16-17H,5-6,8-12H2,1-4H3,(H2,21,22,23)/t16-,17-/m0/s1. The molecule has 1 aromatic rings. The van der Waals surface area contributed by atoms with Crippen molar-refractivity contribution in [3.8, 4) is 0 Å². The van der Waals surface area contributed by atoms with Crippen LogP contribution >= 0.6 is 0 Å². The van der Waals surface area contributed by atoms with Crippen LogP contribution < -0.4 is 5.73 Å². The summed E-state index contributed by atoms with van der Waals surface area (Å²) >= 11 is 0.